The van der Waals surface area contributed by atoms with Gasteiger partial charge in [0.25, 0.3) is 0 Å². The standard InChI is InChI=1S/C71H70N3O.Pt/c1-45-35-49(46-21-16-14-17-22-46)29-32-63(45)74-64-26-20-25-59(65(64)73-67(74)60-43-58(70(8,9)10)44-61(66(60)75)71(11,12)13)54-37-51(48-27-30-56(31-28-48)68(2,3)4)38-55(39-54)62-42-50(33-34-72-62)53-36-52(47-23-18-15-19-24-47)40-57(41-53)69(5,6)7;/h14-38,40-44,75H,1-13H3;/q-1;/i1D3,5D3,6D3,7D3;. The number of nitrogens with zero attached hydrogens (tertiary/aromatic N) is 3. The summed E-state index contributed by atoms with van der Waals surface area (Å²) < 4.78 is 107. The van der Waals surface area contributed by atoms with Crippen LogP contribution in [0.4, 0.5) is 0 Å². The van der Waals surface area contributed by atoms with Crippen molar-refractivity contribution in [2.24, 2.45) is 0 Å². The quantitative estimate of drug-likeness (QED) is 0.154. The Bertz CT molecular complexity index is 4180. The zero-order valence-corrected chi connectivity index (χ0v) is 46.7. The molecule has 0 unspecified atom stereocenters. The first kappa shape index (κ1) is 40.2. The minimum atomic E-state index is -3.51. The van der Waals surface area contributed by atoms with Crippen LogP contribution in [0.1, 0.15) is 127 Å². The van der Waals surface area contributed by atoms with E-state index in [0.717, 1.165) is 33.4 Å². The summed E-state index contributed by atoms with van der Waals surface area (Å²) in [6, 6.07) is 57.7. The first-order valence-electron chi connectivity index (χ1n) is 31.4. The van der Waals surface area contributed by atoms with Crippen molar-refractivity contribution in [3.63, 3.8) is 0 Å². The Morgan fingerprint density at radius 3 is 1.68 bits per heavy atom. The summed E-state index contributed by atoms with van der Waals surface area (Å²) in [6.07, 6.45) is 1.59. The molecule has 4 nitrogen and oxygen atoms in total. The van der Waals surface area contributed by atoms with E-state index in [4.69, 9.17) is 26.4 Å². The number of aromatic hydroxyl groups is 1. The molecule has 8 aromatic carbocycles. The average Bonchev–Trinajstić information content (AvgIpc) is 1.04. The maximum absolute atomic E-state index is 12.7. The molecule has 0 aliphatic carbocycles. The fourth-order valence-electron chi connectivity index (χ4n) is 9.84. The fourth-order valence-corrected chi connectivity index (χ4v) is 9.84. The van der Waals surface area contributed by atoms with Crippen molar-refractivity contribution < 1.29 is 42.6 Å². The Balaban J connectivity index is 0.00000922. The van der Waals surface area contributed by atoms with Gasteiger partial charge in [0.2, 0.25) is 0 Å². The van der Waals surface area contributed by atoms with Crippen LogP contribution in [0.5, 0.6) is 5.75 Å². The van der Waals surface area contributed by atoms with Crippen LogP contribution in [0.25, 0.3) is 95.0 Å². The van der Waals surface area contributed by atoms with Crippen molar-refractivity contribution >= 4 is 11.0 Å². The third kappa shape index (κ3) is 10.8. The summed E-state index contributed by atoms with van der Waals surface area (Å²) in [5.74, 6) is 0.345. The molecule has 0 fully saturated rings. The smallest absolute Gasteiger partial charge is 0.148 e. The Morgan fingerprint density at radius 1 is 0.474 bits per heavy atom. The third-order valence-corrected chi connectivity index (χ3v) is 14.1. The molecular formula is C71H70N3OPt-. The van der Waals surface area contributed by atoms with E-state index in [1.165, 1.54) is 12.1 Å². The van der Waals surface area contributed by atoms with Gasteiger partial charge >= 0.3 is 0 Å². The molecule has 5 heteroatoms. The largest absolute Gasteiger partial charge is 0.507 e. The van der Waals surface area contributed by atoms with Crippen molar-refractivity contribution in [1.29, 1.82) is 0 Å². The van der Waals surface area contributed by atoms with Crippen LogP contribution < -0.4 is 0 Å². The van der Waals surface area contributed by atoms with Gasteiger partial charge in [-0.2, -0.15) is 0 Å². The molecule has 10 aromatic rings. The van der Waals surface area contributed by atoms with Crippen molar-refractivity contribution in [3.05, 3.63) is 216 Å². The maximum Gasteiger partial charge on any atom is 0.148 e. The van der Waals surface area contributed by atoms with Crippen molar-refractivity contribution in [3.8, 4) is 89.7 Å². The number of hydrogen-bond acceptors (Lipinski definition) is 3. The molecule has 0 aliphatic rings. The number of aryl methyl sites for hydroxylation is 1. The molecule has 10 rings (SSSR count). The van der Waals surface area contributed by atoms with Crippen molar-refractivity contribution in [2.45, 2.75) is 111 Å². The summed E-state index contributed by atoms with van der Waals surface area (Å²) in [6.45, 7) is 5.78. The molecule has 0 amide bonds. The van der Waals surface area contributed by atoms with Gasteiger partial charge in [0.1, 0.15) is 11.6 Å². The van der Waals surface area contributed by atoms with E-state index >= 15 is 0 Å². The van der Waals surface area contributed by atoms with Gasteiger partial charge in [0, 0.05) is 55.0 Å². The molecule has 0 saturated carbocycles. The van der Waals surface area contributed by atoms with Crippen LogP contribution in [-0.2, 0) is 42.7 Å². The molecule has 0 aliphatic heterocycles. The minimum Gasteiger partial charge on any atom is -0.507 e. The molecule has 2 heterocycles. The zero-order valence-electron chi connectivity index (χ0n) is 56.4. The molecule has 76 heavy (non-hydrogen) atoms. The van der Waals surface area contributed by atoms with Gasteiger partial charge < -0.3 is 5.11 Å². The van der Waals surface area contributed by atoms with Gasteiger partial charge in [-0.15, -0.1) is 23.8 Å². The number of phenols is 1. The van der Waals surface area contributed by atoms with E-state index in [2.05, 4.69) is 71.9 Å². The van der Waals surface area contributed by atoms with Gasteiger partial charge in [-0.3, -0.25) is 9.55 Å². The zero-order chi connectivity index (χ0) is 63.2. The Kier molecular flexibility index (Phi) is 10.8. The third-order valence-electron chi connectivity index (χ3n) is 14.1. The van der Waals surface area contributed by atoms with Crippen LogP contribution in [0.3, 0.4) is 0 Å². The van der Waals surface area contributed by atoms with E-state index in [0.29, 0.717) is 78.3 Å². The van der Waals surface area contributed by atoms with E-state index in [-0.39, 0.29) is 48.8 Å². The molecule has 0 radical (unpaired) electrons. The number of rotatable bonds is 8. The summed E-state index contributed by atoms with van der Waals surface area (Å²) >= 11 is 0. The van der Waals surface area contributed by atoms with Crippen LogP contribution in [0, 0.1) is 12.9 Å². The van der Waals surface area contributed by atoms with E-state index in [1.54, 1.807) is 54.7 Å². The second-order valence-corrected chi connectivity index (χ2v) is 22.8. The number of hydrogen-bond donors (Lipinski definition) is 1. The van der Waals surface area contributed by atoms with Gasteiger partial charge in [-0.1, -0.05) is 227 Å². The Labute approximate surface area is 483 Å². The summed E-state index contributed by atoms with van der Waals surface area (Å²) in [4.78, 5) is 10.4. The van der Waals surface area contributed by atoms with Crippen LogP contribution >= 0.6 is 0 Å². The molecule has 1 N–H and O–H groups in total. The first-order valence-corrected chi connectivity index (χ1v) is 25.4. The fraction of sp³-hybridized carbons (Fsp3) is 0.239. The second-order valence-electron chi connectivity index (χ2n) is 22.8. The molecule has 386 valence electrons. The number of aromatic nitrogens is 3. The molecule has 0 saturated heterocycles. The van der Waals surface area contributed by atoms with Crippen molar-refractivity contribution in [2.75, 3.05) is 0 Å². The van der Waals surface area contributed by atoms with Crippen LogP contribution in [0.15, 0.2) is 182 Å². The number of para-hydroxylation sites is 1. The second kappa shape index (κ2) is 20.4. The maximum atomic E-state index is 12.7. The summed E-state index contributed by atoms with van der Waals surface area (Å²) in [5.41, 5.74) is 7.29. The average molecular weight is 1190 g/mol. The van der Waals surface area contributed by atoms with Gasteiger partial charge in [-0.25, -0.2) is 4.98 Å². The Hall–Kier alpha value is -7.13. The minimum absolute atomic E-state index is 0. The van der Waals surface area contributed by atoms with E-state index in [9.17, 15) is 5.11 Å². The van der Waals surface area contributed by atoms with Crippen molar-refractivity contribution in [1.82, 2.24) is 14.5 Å². The molecule has 0 bridgehead atoms. The predicted octanol–water partition coefficient (Wildman–Crippen LogP) is 19.1. The van der Waals surface area contributed by atoms with Gasteiger partial charge in [0.15, 0.2) is 0 Å². The van der Waals surface area contributed by atoms with Gasteiger partial charge in [-0.05, 0) is 126 Å². The molecule has 0 atom stereocenters. The van der Waals surface area contributed by atoms with Crippen LogP contribution in [0.2, 0.25) is 0 Å². The summed E-state index contributed by atoms with van der Waals surface area (Å²) in [5, 5.41) is 12.7. The first-order chi connectivity index (χ1) is 40.5. The predicted molar refractivity (Wildman–Crippen MR) is 317 cm³/mol. The van der Waals surface area contributed by atoms with Crippen LogP contribution in [-0.4, -0.2) is 19.6 Å². The van der Waals surface area contributed by atoms with E-state index < -0.39 is 38.2 Å². The molecule has 0 spiro atoms. The molecular weight excluding hydrogens is 1110 g/mol. The number of phenolic OH excluding ortho intramolecular Hbond substituents is 1. The monoisotopic (exact) mass is 1190 g/mol. The number of benzene rings is 8. The van der Waals surface area contributed by atoms with E-state index in [1.807, 2.05) is 116 Å². The summed E-state index contributed by atoms with van der Waals surface area (Å²) in [7, 11) is 0. The normalized spacial score (nSPS) is 15.2. The molecule has 2 aromatic heterocycles. The Morgan fingerprint density at radius 2 is 1.05 bits per heavy atom. The number of pyridine rings is 1. The topological polar surface area (TPSA) is 50.9 Å². The SMILES string of the molecule is [2H]C([2H])([2H])c1cc(-c2ccccc2)ccc1-n1c(-c2cc(C(C)(C)C)cc(C(C)(C)C)c2O)nc2c(-c3[c-]c(-c4cc(-c5cc(-c6ccccc6)cc(C(C([2H])([2H])[2H])(C([2H])([2H])[2H])C([2H])([2H])[2H])c5)ccn4)cc(-c4ccc(C(C)(C)C)cc4)c3)cccc21.[Pt]. The van der Waals surface area contributed by atoms with Gasteiger partial charge in [0.05, 0.1) is 22.3 Å². The number of fused-ring (bicyclic) bond motifs is 1. The number of imidazole rings is 1.